The van der Waals surface area contributed by atoms with Crippen LogP contribution >= 0.6 is 0 Å². The van der Waals surface area contributed by atoms with E-state index < -0.39 is 0 Å². The highest BCUT2D eigenvalue weighted by Gasteiger charge is 2.29. The molecule has 1 N–H and O–H groups in total. The highest BCUT2D eigenvalue weighted by Crippen LogP contribution is 2.37. The van der Waals surface area contributed by atoms with Crippen LogP contribution in [-0.2, 0) is 11.2 Å². The number of nitrogens with one attached hydrogen (secondary N) is 1. The van der Waals surface area contributed by atoms with E-state index in [4.69, 9.17) is 4.74 Å². The molecule has 2 aliphatic rings. The van der Waals surface area contributed by atoms with Crippen molar-refractivity contribution in [1.29, 1.82) is 0 Å². The molecule has 0 atom stereocenters. The van der Waals surface area contributed by atoms with Crippen molar-refractivity contribution in [3.63, 3.8) is 0 Å². The van der Waals surface area contributed by atoms with Gasteiger partial charge in [-0.3, -0.25) is 9.59 Å². The topological polar surface area (TPSA) is 62.4 Å². The van der Waals surface area contributed by atoms with E-state index in [1.165, 1.54) is 12.8 Å². The van der Waals surface area contributed by atoms with Gasteiger partial charge in [0.15, 0.2) is 0 Å². The van der Waals surface area contributed by atoms with Gasteiger partial charge in [0.1, 0.15) is 5.75 Å². The minimum absolute atomic E-state index is 0.0373. The number of aromatic amines is 1. The number of fused-ring (bicyclic) bond motifs is 1. The number of H-pyrrole nitrogens is 1. The van der Waals surface area contributed by atoms with Crippen molar-refractivity contribution in [3.05, 3.63) is 39.7 Å². The molecule has 0 aliphatic heterocycles. The number of nitrogens with zero attached hydrogens (tertiary/aromatic N) is 1. The van der Waals surface area contributed by atoms with Gasteiger partial charge in [-0.2, -0.15) is 0 Å². The first kappa shape index (κ1) is 20.0. The molecule has 2 saturated carbocycles. The molecular weight excluding hydrogens is 364 g/mol. The Bertz CT molecular complexity index is 939. The maximum Gasteiger partial charge on any atom is 0.252 e. The van der Waals surface area contributed by atoms with Crippen molar-refractivity contribution in [2.45, 2.75) is 64.2 Å². The fourth-order valence-corrected chi connectivity index (χ4v) is 4.79. The molecule has 0 radical (unpaired) electrons. The third-order valence-electron chi connectivity index (χ3n) is 6.48. The average Bonchev–Trinajstić information content (AvgIpc) is 3.37. The summed E-state index contributed by atoms with van der Waals surface area (Å²) < 4.78 is 5.34. The number of methoxy groups -OCH3 is 1. The fourth-order valence-electron chi connectivity index (χ4n) is 4.79. The van der Waals surface area contributed by atoms with Crippen LogP contribution in [0.2, 0.25) is 0 Å². The van der Waals surface area contributed by atoms with Crippen LogP contribution in [-0.4, -0.2) is 36.0 Å². The standard InChI is InChI=1S/C24H32N2O3/c1-3-12-26(15-16-8-9-16)22(27)14-20-19-11-10-18(29-2)13-21(19)25-24(28)23(20)17-6-4-5-7-17/h10-11,13,16-17H,3-9,12,14-15H2,1-2H3,(H,25,28). The molecule has 0 unspecified atom stereocenters. The normalized spacial score (nSPS) is 17.0. The molecule has 1 aromatic carbocycles. The third kappa shape index (κ3) is 4.34. The van der Waals surface area contributed by atoms with Crippen molar-refractivity contribution >= 4 is 16.8 Å². The second-order valence-electron chi connectivity index (χ2n) is 8.70. The molecule has 4 rings (SSSR count). The predicted molar refractivity (Wildman–Crippen MR) is 116 cm³/mol. The van der Waals surface area contributed by atoms with Crippen LogP contribution in [0.1, 0.15) is 68.9 Å². The lowest BCUT2D eigenvalue weighted by atomic mass is 9.90. The van der Waals surface area contributed by atoms with E-state index in [1.807, 2.05) is 23.1 Å². The summed E-state index contributed by atoms with van der Waals surface area (Å²) in [6.07, 6.45) is 8.11. The molecule has 0 saturated heterocycles. The van der Waals surface area contributed by atoms with Crippen LogP contribution in [0.15, 0.2) is 23.0 Å². The largest absolute Gasteiger partial charge is 0.497 e. The first-order chi connectivity index (χ1) is 14.1. The molecule has 0 spiro atoms. The fraction of sp³-hybridized carbons (Fsp3) is 0.583. The minimum atomic E-state index is -0.0373. The van der Waals surface area contributed by atoms with Gasteiger partial charge in [0.2, 0.25) is 5.91 Å². The summed E-state index contributed by atoms with van der Waals surface area (Å²) in [5.41, 5.74) is 2.49. The lowest BCUT2D eigenvalue weighted by molar-refractivity contribution is -0.130. The number of amides is 1. The smallest absolute Gasteiger partial charge is 0.252 e. The number of rotatable bonds is 8. The summed E-state index contributed by atoms with van der Waals surface area (Å²) in [4.78, 5) is 31.5. The Kier molecular flexibility index (Phi) is 5.93. The van der Waals surface area contributed by atoms with Crippen molar-refractivity contribution in [2.24, 2.45) is 5.92 Å². The minimum Gasteiger partial charge on any atom is -0.497 e. The van der Waals surface area contributed by atoms with Gasteiger partial charge in [-0.1, -0.05) is 19.8 Å². The van der Waals surface area contributed by atoms with Crippen LogP contribution < -0.4 is 10.3 Å². The van der Waals surface area contributed by atoms with E-state index in [-0.39, 0.29) is 17.4 Å². The molecule has 1 heterocycles. The summed E-state index contributed by atoms with van der Waals surface area (Å²) in [5, 5.41) is 0.975. The molecule has 0 bridgehead atoms. The molecule has 2 fully saturated rings. The predicted octanol–water partition coefficient (Wildman–Crippen LogP) is 4.39. The molecule has 29 heavy (non-hydrogen) atoms. The third-order valence-corrected chi connectivity index (χ3v) is 6.48. The van der Waals surface area contributed by atoms with Crippen LogP contribution in [0.5, 0.6) is 5.75 Å². The lowest BCUT2D eigenvalue weighted by Crippen LogP contribution is -2.35. The number of benzene rings is 1. The molecule has 2 aromatic rings. The Hall–Kier alpha value is -2.30. The van der Waals surface area contributed by atoms with Gasteiger partial charge in [-0.25, -0.2) is 0 Å². The van der Waals surface area contributed by atoms with Gasteiger partial charge >= 0.3 is 0 Å². The van der Waals surface area contributed by atoms with Crippen LogP contribution in [0.3, 0.4) is 0 Å². The maximum atomic E-state index is 13.3. The highest BCUT2D eigenvalue weighted by atomic mass is 16.5. The van der Waals surface area contributed by atoms with Crippen LogP contribution in [0, 0.1) is 5.92 Å². The maximum absolute atomic E-state index is 13.3. The molecule has 2 aliphatic carbocycles. The van der Waals surface area contributed by atoms with Gasteiger partial charge < -0.3 is 14.6 Å². The Morgan fingerprint density at radius 2 is 1.97 bits per heavy atom. The molecular formula is C24H32N2O3. The Morgan fingerprint density at radius 1 is 1.21 bits per heavy atom. The zero-order chi connectivity index (χ0) is 20.4. The molecule has 156 valence electrons. The van der Waals surface area contributed by atoms with Crippen LogP contribution in [0.25, 0.3) is 10.9 Å². The zero-order valence-corrected chi connectivity index (χ0v) is 17.6. The Balaban J connectivity index is 1.75. The Labute approximate surface area is 172 Å². The summed E-state index contributed by atoms with van der Waals surface area (Å²) in [5.74, 6) is 1.79. The summed E-state index contributed by atoms with van der Waals surface area (Å²) in [6, 6.07) is 5.77. The summed E-state index contributed by atoms with van der Waals surface area (Å²) in [6.45, 7) is 3.77. The highest BCUT2D eigenvalue weighted by molar-refractivity contribution is 5.90. The monoisotopic (exact) mass is 396 g/mol. The van der Waals surface area contributed by atoms with E-state index in [2.05, 4.69) is 11.9 Å². The second-order valence-corrected chi connectivity index (χ2v) is 8.70. The van der Waals surface area contributed by atoms with E-state index in [0.29, 0.717) is 18.1 Å². The van der Waals surface area contributed by atoms with Crippen molar-refractivity contribution in [2.75, 3.05) is 20.2 Å². The number of carbonyl (C=O) groups excluding carboxylic acids is 1. The number of carbonyl (C=O) groups is 1. The van der Waals surface area contributed by atoms with E-state index >= 15 is 0 Å². The van der Waals surface area contributed by atoms with E-state index in [1.54, 1.807) is 7.11 Å². The summed E-state index contributed by atoms with van der Waals surface area (Å²) in [7, 11) is 1.62. The molecule has 5 nitrogen and oxygen atoms in total. The van der Waals surface area contributed by atoms with Gasteiger partial charge in [-0.15, -0.1) is 0 Å². The number of ether oxygens (including phenoxy) is 1. The van der Waals surface area contributed by atoms with Crippen molar-refractivity contribution in [3.8, 4) is 5.75 Å². The van der Waals surface area contributed by atoms with E-state index in [9.17, 15) is 9.59 Å². The lowest BCUT2D eigenvalue weighted by Gasteiger charge is -2.24. The molecule has 5 heteroatoms. The second kappa shape index (κ2) is 8.60. The first-order valence-corrected chi connectivity index (χ1v) is 11.1. The zero-order valence-electron chi connectivity index (χ0n) is 17.6. The number of pyridine rings is 1. The van der Waals surface area contributed by atoms with Crippen molar-refractivity contribution < 1.29 is 9.53 Å². The van der Waals surface area contributed by atoms with Crippen LogP contribution in [0.4, 0.5) is 0 Å². The quantitative estimate of drug-likeness (QED) is 0.720. The number of hydrogen-bond acceptors (Lipinski definition) is 3. The van der Waals surface area contributed by atoms with Gasteiger partial charge in [0.05, 0.1) is 19.0 Å². The SMILES string of the molecule is CCCN(CC1CC1)C(=O)Cc1c(C2CCCC2)c(=O)[nH]c2cc(OC)ccc12. The van der Waals surface area contributed by atoms with Gasteiger partial charge in [-0.05, 0) is 61.6 Å². The number of aromatic nitrogens is 1. The first-order valence-electron chi connectivity index (χ1n) is 11.1. The van der Waals surface area contributed by atoms with Crippen molar-refractivity contribution in [1.82, 2.24) is 9.88 Å². The Morgan fingerprint density at radius 3 is 2.62 bits per heavy atom. The van der Waals surface area contributed by atoms with Gasteiger partial charge in [0.25, 0.3) is 5.56 Å². The number of hydrogen-bond donors (Lipinski definition) is 1. The average molecular weight is 397 g/mol. The summed E-state index contributed by atoms with van der Waals surface area (Å²) >= 11 is 0. The molecule has 1 aromatic heterocycles. The molecule has 1 amide bonds. The van der Waals surface area contributed by atoms with E-state index in [0.717, 1.165) is 67.2 Å². The van der Waals surface area contributed by atoms with Gasteiger partial charge in [0, 0.05) is 30.1 Å².